The van der Waals surface area contributed by atoms with E-state index in [0.29, 0.717) is 11.5 Å². The van der Waals surface area contributed by atoms with E-state index >= 15 is 0 Å². The van der Waals surface area contributed by atoms with Crippen LogP contribution >= 0.6 is 0 Å². The molecule has 1 saturated carbocycles. The summed E-state index contributed by atoms with van der Waals surface area (Å²) in [5.74, 6) is 0. The lowest BCUT2D eigenvalue weighted by atomic mass is 9.87. The van der Waals surface area contributed by atoms with E-state index < -0.39 is 0 Å². The van der Waals surface area contributed by atoms with E-state index in [-0.39, 0.29) is 0 Å². The van der Waals surface area contributed by atoms with Crippen LogP contribution < -0.4 is 10.2 Å². The molecule has 1 unspecified atom stereocenters. The fourth-order valence-electron chi connectivity index (χ4n) is 3.61. The highest BCUT2D eigenvalue weighted by Crippen LogP contribution is 2.40. The van der Waals surface area contributed by atoms with Crippen LogP contribution in [0.2, 0.25) is 0 Å². The minimum atomic E-state index is 0.429. The molecule has 2 nitrogen and oxygen atoms in total. The first kappa shape index (κ1) is 12.8. The monoisotopic (exact) mass is 258 g/mol. The van der Waals surface area contributed by atoms with Gasteiger partial charge in [-0.3, -0.25) is 0 Å². The van der Waals surface area contributed by atoms with E-state index in [2.05, 4.69) is 48.3 Å². The first-order chi connectivity index (χ1) is 9.17. The van der Waals surface area contributed by atoms with Gasteiger partial charge < -0.3 is 10.2 Å². The largest absolute Gasteiger partial charge is 0.380 e. The number of para-hydroxylation sites is 2. The molecule has 1 N–H and O–H groups in total. The first-order valence-electron chi connectivity index (χ1n) is 7.77. The molecule has 1 aliphatic carbocycles. The van der Waals surface area contributed by atoms with Crippen molar-refractivity contribution in [3.63, 3.8) is 0 Å². The van der Waals surface area contributed by atoms with E-state index in [1.807, 2.05) is 0 Å². The molecular weight excluding hydrogens is 232 g/mol. The van der Waals surface area contributed by atoms with Crippen LogP contribution in [0.25, 0.3) is 0 Å². The van der Waals surface area contributed by atoms with Gasteiger partial charge in [0, 0.05) is 19.1 Å². The van der Waals surface area contributed by atoms with Crippen LogP contribution in [-0.2, 0) is 0 Å². The lowest BCUT2D eigenvalue weighted by Crippen LogP contribution is -2.31. The Morgan fingerprint density at radius 2 is 1.84 bits per heavy atom. The molecule has 0 bridgehead atoms. The standard InChI is InChI=1S/C17H26N2/c1-17(2)11-7-10-16(17)18-14-8-3-4-9-15(14)19-12-5-6-13-19/h3-4,8-9,16,18H,5-7,10-13H2,1-2H3. The second kappa shape index (κ2) is 5.07. The van der Waals surface area contributed by atoms with Gasteiger partial charge in [0.25, 0.3) is 0 Å². The van der Waals surface area contributed by atoms with Gasteiger partial charge in [-0.1, -0.05) is 32.4 Å². The van der Waals surface area contributed by atoms with Gasteiger partial charge in [0.1, 0.15) is 0 Å². The number of benzene rings is 1. The molecular formula is C17H26N2. The van der Waals surface area contributed by atoms with Crippen molar-refractivity contribution in [2.45, 2.75) is 52.0 Å². The summed E-state index contributed by atoms with van der Waals surface area (Å²) >= 11 is 0. The second-order valence-electron chi connectivity index (χ2n) is 6.79. The lowest BCUT2D eigenvalue weighted by molar-refractivity contribution is 0.350. The van der Waals surface area contributed by atoms with Crippen molar-refractivity contribution >= 4 is 11.4 Å². The second-order valence-corrected chi connectivity index (χ2v) is 6.79. The Bertz CT molecular complexity index is 433. The molecule has 0 radical (unpaired) electrons. The summed E-state index contributed by atoms with van der Waals surface area (Å²) in [5, 5.41) is 3.83. The Balaban J connectivity index is 1.80. The fourth-order valence-corrected chi connectivity index (χ4v) is 3.61. The van der Waals surface area contributed by atoms with Gasteiger partial charge in [-0.25, -0.2) is 0 Å². The van der Waals surface area contributed by atoms with Crippen molar-refractivity contribution in [2.75, 3.05) is 23.3 Å². The van der Waals surface area contributed by atoms with Gasteiger partial charge in [0.05, 0.1) is 11.4 Å². The van der Waals surface area contributed by atoms with Crippen LogP contribution in [0.15, 0.2) is 24.3 Å². The van der Waals surface area contributed by atoms with Crippen LogP contribution in [0.4, 0.5) is 11.4 Å². The molecule has 19 heavy (non-hydrogen) atoms. The van der Waals surface area contributed by atoms with E-state index in [1.54, 1.807) is 0 Å². The van der Waals surface area contributed by atoms with Gasteiger partial charge in [0.15, 0.2) is 0 Å². The minimum Gasteiger partial charge on any atom is -0.380 e. The van der Waals surface area contributed by atoms with Crippen molar-refractivity contribution < 1.29 is 0 Å². The van der Waals surface area contributed by atoms with Gasteiger partial charge in [0.2, 0.25) is 0 Å². The number of nitrogens with one attached hydrogen (secondary N) is 1. The topological polar surface area (TPSA) is 15.3 Å². The van der Waals surface area contributed by atoms with Gasteiger partial charge in [-0.15, -0.1) is 0 Å². The van der Waals surface area contributed by atoms with Crippen LogP contribution in [0.3, 0.4) is 0 Å². The van der Waals surface area contributed by atoms with Crippen LogP contribution in [0.5, 0.6) is 0 Å². The third kappa shape index (κ3) is 2.58. The van der Waals surface area contributed by atoms with Gasteiger partial charge in [-0.2, -0.15) is 0 Å². The van der Waals surface area contributed by atoms with Crippen LogP contribution in [0.1, 0.15) is 46.0 Å². The molecule has 104 valence electrons. The summed E-state index contributed by atoms with van der Waals surface area (Å²) in [6.45, 7) is 7.23. The highest BCUT2D eigenvalue weighted by molar-refractivity contribution is 5.70. The molecule has 1 saturated heterocycles. The number of hydrogen-bond donors (Lipinski definition) is 1. The maximum atomic E-state index is 3.83. The van der Waals surface area contributed by atoms with E-state index in [1.165, 1.54) is 56.6 Å². The summed E-state index contributed by atoms with van der Waals surface area (Å²) in [6, 6.07) is 9.47. The zero-order chi connectivity index (χ0) is 13.3. The Morgan fingerprint density at radius 1 is 1.11 bits per heavy atom. The maximum Gasteiger partial charge on any atom is 0.0602 e. The Morgan fingerprint density at radius 3 is 2.53 bits per heavy atom. The van der Waals surface area contributed by atoms with Gasteiger partial charge >= 0.3 is 0 Å². The average Bonchev–Trinajstić information content (AvgIpc) is 3.01. The Kier molecular flexibility index (Phi) is 3.42. The maximum absolute atomic E-state index is 3.83. The van der Waals surface area contributed by atoms with Crippen molar-refractivity contribution in [1.29, 1.82) is 0 Å². The number of anilines is 2. The zero-order valence-corrected chi connectivity index (χ0v) is 12.3. The van der Waals surface area contributed by atoms with Gasteiger partial charge in [-0.05, 0) is 43.2 Å². The molecule has 0 amide bonds. The number of rotatable bonds is 3. The molecule has 2 heteroatoms. The first-order valence-corrected chi connectivity index (χ1v) is 7.77. The summed E-state index contributed by atoms with van der Waals surface area (Å²) < 4.78 is 0. The molecule has 0 spiro atoms. The van der Waals surface area contributed by atoms with Crippen LogP contribution in [0, 0.1) is 5.41 Å². The molecule has 2 aliphatic rings. The average molecular weight is 258 g/mol. The molecule has 0 aromatic heterocycles. The van der Waals surface area contributed by atoms with Crippen molar-refractivity contribution in [2.24, 2.45) is 5.41 Å². The molecule has 1 atom stereocenters. The highest BCUT2D eigenvalue weighted by atomic mass is 15.2. The van der Waals surface area contributed by atoms with Crippen molar-refractivity contribution in [3.05, 3.63) is 24.3 Å². The predicted octanol–water partition coefficient (Wildman–Crippen LogP) is 4.28. The van der Waals surface area contributed by atoms with Crippen molar-refractivity contribution in [3.8, 4) is 0 Å². The number of nitrogens with zero attached hydrogens (tertiary/aromatic N) is 1. The van der Waals surface area contributed by atoms with E-state index in [0.717, 1.165) is 0 Å². The molecule has 1 aromatic carbocycles. The normalized spacial score (nSPS) is 25.8. The Hall–Kier alpha value is -1.18. The molecule has 1 heterocycles. The fraction of sp³-hybridized carbons (Fsp3) is 0.647. The summed E-state index contributed by atoms with van der Waals surface area (Å²) in [7, 11) is 0. The number of hydrogen-bond acceptors (Lipinski definition) is 2. The summed E-state index contributed by atoms with van der Waals surface area (Å²) in [4.78, 5) is 2.53. The summed E-state index contributed by atoms with van der Waals surface area (Å²) in [5.41, 5.74) is 3.17. The Labute approximate surface area is 117 Å². The lowest BCUT2D eigenvalue weighted by Gasteiger charge is -2.31. The summed E-state index contributed by atoms with van der Waals surface area (Å²) in [6.07, 6.45) is 6.68. The minimum absolute atomic E-state index is 0.429. The molecule has 1 aromatic rings. The smallest absolute Gasteiger partial charge is 0.0602 e. The molecule has 1 aliphatic heterocycles. The zero-order valence-electron chi connectivity index (χ0n) is 12.3. The highest BCUT2D eigenvalue weighted by Gasteiger charge is 2.34. The van der Waals surface area contributed by atoms with Crippen molar-refractivity contribution in [1.82, 2.24) is 0 Å². The van der Waals surface area contributed by atoms with Crippen LogP contribution in [-0.4, -0.2) is 19.1 Å². The molecule has 2 fully saturated rings. The predicted molar refractivity (Wildman–Crippen MR) is 82.9 cm³/mol. The van der Waals surface area contributed by atoms with E-state index in [4.69, 9.17) is 0 Å². The third-order valence-electron chi connectivity index (χ3n) is 4.94. The SMILES string of the molecule is CC1(C)CCCC1Nc1ccccc1N1CCCC1. The van der Waals surface area contributed by atoms with E-state index in [9.17, 15) is 0 Å². The third-order valence-corrected chi connectivity index (χ3v) is 4.94. The molecule has 3 rings (SSSR count). The quantitative estimate of drug-likeness (QED) is 0.870.